The summed E-state index contributed by atoms with van der Waals surface area (Å²) in [5.74, 6) is -0.168. The van der Waals surface area contributed by atoms with Crippen molar-refractivity contribution in [3.8, 4) is 0 Å². The highest BCUT2D eigenvalue weighted by Gasteiger charge is 2.12. The molecule has 8 heteroatoms. The minimum Gasteiger partial charge on any atom is -0.370 e. The fourth-order valence-electron chi connectivity index (χ4n) is 0.806. The van der Waals surface area contributed by atoms with E-state index in [4.69, 9.17) is 11.1 Å². The van der Waals surface area contributed by atoms with E-state index in [0.717, 1.165) is 0 Å². The van der Waals surface area contributed by atoms with Crippen LogP contribution in [0.2, 0.25) is 0 Å². The first-order chi connectivity index (χ1) is 6.56. The van der Waals surface area contributed by atoms with Crippen LogP contribution in [0.5, 0.6) is 0 Å². The zero-order valence-corrected chi connectivity index (χ0v) is 7.45. The van der Waals surface area contributed by atoms with Gasteiger partial charge in [-0.3, -0.25) is 10.2 Å². The van der Waals surface area contributed by atoms with E-state index in [-0.39, 0.29) is 12.4 Å². The molecule has 8 nitrogen and oxygen atoms in total. The van der Waals surface area contributed by atoms with Crippen LogP contribution in [0.15, 0.2) is 0 Å². The summed E-state index contributed by atoms with van der Waals surface area (Å²) in [6.45, 7) is 0.396. The van der Waals surface area contributed by atoms with E-state index < -0.39 is 11.1 Å². The molecule has 0 aromatic heterocycles. The number of guanidine groups is 1. The summed E-state index contributed by atoms with van der Waals surface area (Å²) in [6.07, 6.45) is 2.26. The minimum atomic E-state index is -0.918. The molecule has 14 heavy (non-hydrogen) atoms. The monoisotopic (exact) mass is 202 g/mol. The first-order valence-electron chi connectivity index (χ1n) is 3.92. The second kappa shape index (κ2) is 6.63. The highest BCUT2D eigenvalue weighted by molar-refractivity contribution is 5.74. The summed E-state index contributed by atoms with van der Waals surface area (Å²) in [5, 5.41) is 18.5. The summed E-state index contributed by atoms with van der Waals surface area (Å²) in [6, 6.07) is -0.918. The Hall–Kier alpha value is -1.86. The average Bonchev–Trinajstić information content (AvgIpc) is 2.09. The molecule has 0 bridgehead atoms. The number of nitro groups is 1. The molecular weight excluding hydrogens is 190 g/mol. The molecule has 0 heterocycles. The number of hydrogen-bond acceptors (Lipinski definition) is 4. The number of nitrogens with one attached hydrogen (secondary N) is 3. The highest BCUT2D eigenvalue weighted by Crippen LogP contribution is 1.92. The molecule has 0 aromatic carbocycles. The van der Waals surface area contributed by atoms with Crippen LogP contribution in [0.3, 0.4) is 0 Å². The van der Waals surface area contributed by atoms with Gasteiger partial charge in [0.2, 0.25) is 6.29 Å². The van der Waals surface area contributed by atoms with E-state index in [2.05, 4.69) is 5.32 Å². The molecule has 0 fully saturated rings. The maximum Gasteiger partial charge on any atom is 0.228 e. The van der Waals surface area contributed by atoms with Gasteiger partial charge in [0.25, 0.3) is 0 Å². The number of nitrogens with two attached hydrogens (primary N) is 1. The molecule has 0 aromatic rings. The Morgan fingerprint density at radius 2 is 2.36 bits per heavy atom. The Labute approximate surface area is 80.5 Å². The maximum absolute atomic E-state index is 10.2. The fourth-order valence-corrected chi connectivity index (χ4v) is 0.806. The SMILES string of the molecule is N=C(N)NCCC[C@@H]([C]=O)N[N+](=O)[O-]. The van der Waals surface area contributed by atoms with Crippen molar-refractivity contribution in [2.75, 3.05) is 6.54 Å². The number of rotatable bonds is 7. The molecule has 0 amide bonds. The predicted molar refractivity (Wildman–Crippen MR) is 48.8 cm³/mol. The Morgan fingerprint density at radius 3 is 2.79 bits per heavy atom. The summed E-state index contributed by atoms with van der Waals surface area (Å²) in [5.41, 5.74) is 6.80. The van der Waals surface area contributed by atoms with E-state index in [1.807, 2.05) is 0 Å². The van der Waals surface area contributed by atoms with Crippen molar-refractivity contribution >= 4 is 12.2 Å². The molecular formula is C6H12N5O3. The van der Waals surface area contributed by atoms with Crippen molar-refractivity contribution < 1.29 is 9.83 Å². The molecule has 0 rings (SSSR count). The molecule has 0 unspecified atom stereocenters. The quantitative estimate of drug-likeness (QED) is 0.131. The number of nitrogens with zero attached hydrogens (tertiary/aromatic N) is 1. The van der Waals surface area contributed by atoms with Crippen molar-refractivity contribution in [2.45, 2.75) is 18.9 Å². The molecule has 1 atom stereocenters. The lowest BCUT2D eigenvalue weighted by atomic mass is 10.2. The Kier molecular flexibility index (Phi) is 5.75. The first kappa shape index (κ1) is 12.1. The van der Waals surface area contributed by atoms with Crippen molar-refractivity contribution in [3.05, 3.63) is 10.1 Å². The molecule has 0 aliphatic carbocycles. The van der Waals surface area contributed by atoms with Crippen LogP contribution in [0, 0.1) is 15.5 Å². The van der Waals surface area contributed by atoms with Crippen molar-refractivity contribution in [3.63, 3.8) is 0 Å². The van der Waals surface area contributed by atoms with Gasteiger partial charge in [0.15, 0.2) is 17.0 Å². The Bertz CT molecular complexity index is 220. The zero-order chi connectivity index (χ0) is 11.0. The van der Waals surface area contributed by atoms with Gasteiger partial charge in [-0.05, 0) is 12.8 Å². The van der Waals surface area contributed by atoms with Gasteiger partial charge in [0, 0.05) is 6.54 Å². The summed E-state index contributed by atoms with van der Waals surface area (Å²) in [7, 11) is 0. The van der Waals surface area contributed by atoms with Gasteiger partial charge in [-0.2, -0.15) is 0 Å². The van der Waals surface area contributed by atoms with E-state index in [0.29, 0.717) is 13.0 Å². The minimum absolute atomic E-state index is 0.168. The lowest BCUT2D eigenvalue weighted by Crippen LogP contribution is -2.36. The van der Waals surface area contributed by atoms with Crippen LogP contribution in [-0.4, -0.2) is 29.9 Å². The van der Waals surface area contributed by atoms with Crippen LogP contribution >= 0.6 is 0 Å². The normalized spacial score (nSPS) is 11.4. The molecule has 0 aliphatic heterocycles. The van der Waals surface area contributed by atoms with Crippen LogP contribution in [0.25, 0.3) is 0 Å². The molecule has 5 N–H and O–H groups in total. The summed E-state index contributed by atoms with van der Waals surface area (Å²) < 4.78 is 0. The number of hydrazine groups is 1. The molecule has 1 radical (unpaired) electrons. The van der Waals surface area contributed by atoms with Crippen LogP contribution in [0.1, 0.15) is 12.8 Å². The van der Waals surface area contributed by atoms with Gasteiger partial charge in [-0.15, -0.1) is 5.43 Å². The van der Waals surface area contributed by atoms with Gasteiger partial charge >= 0.3 is 0 Å². The van der Waals surface area contributed by atoms with Gasteiger partial charge < -0.3 is 11.1 Å². The molecule has 0 spiro atoms. The summed E-state index contributed by atoms with van der Waals surface area (Å²) >= 11 is 0. The largest absolute Gasteiger partial charge is 0.370 e. The van der Waals surface area contributed by atoms with Crippen LogP contribution in [-0.2, 0) is 4.79 Å². The molecule has 79 valence electrons. The third-order valence-electron chi connectivity index (χ3n) is 1.39. The zero-order valence-electron chi connectivity index (χ0n) is 7.45. The Morgan fingerprint density at radius 1 is 1.71 bits per heavy atom. The van der Waals surface area contributed by atoms with Crippen molar-refractivity contribution in [1.29, 1.82) is 5.41 Å². The maximum atomic E-state index is 10.2. The van der Waals surface area contributed by atoms with Gasteiger partial charge in [0.1, 0.15) is 0 Å². The third-order valence-corrected chi connectivity index (χ3v) is 1.39. The van der Waals surface area contributed by atoms with Crippen molar-refractivity contribution in [1.82, 2.24) is 10.7 Å². The standard InChI is InChI=1S/C6H12N5O3/c7-6(8)9-3-1-2-5(4-12)10-11(13)14/h5,10H,1-3H2,(H4,7,8,9)/t5-/m0/s1. The lowest BCUT2D eigenvalue weighted by Gasteiger charge is -2.06. The van der Waals surface area contributed by atoms with E-state index in [1.165, 1.54) is 6.29 Å². The topological polar surface area (TPSA) is 134 Å². The molecule has 0 saturated heterocycles. The third kappa shape index (κ3) is 6.83. The van der Waals surface area contributed by atoms with Crippen molar-refractivity contribution in [2.24, 2.45) is 5.73 Å². The first-order valence-corrected chi connectivity index (χ1v) is 3.92. The Balaban J connectivity index is 3.57. The highest BCUT2D eigenvalue weighted by atomic mass is 16.7. The van der Waals surface area contributed by atoms with E-state index in [9.17, 15) is 14.9 Å². The predicted octanol–water partition coefficient (Wildman–Crippen LogP) is -1.49. The van der Waals surface area contributed by atoms with Crippen LogP contribution < -0.4 is 16.5 Å². The smallest absolute Gasteiger partial charge is 0.228 e. The average molecular weight is 202 g/mol. The van der Waals surface area contributed by atoms with Gasteiger partial charge in [-0.25, -0.2) is 10.1 Å². The van der Waals surface area contributed by atoms with Crippen LogP contribution in [0.4, 0.5) is 0 Å². The van der Waals surface area contributed by atoms with E-state index in [1.54, 1.807) is 5.43 Å². The lowest BCUT2D eigenvalue weighted by molar-refractivity contribution is -0.547. The molecule has 0 aliphatic rings. The van der Waals surface area contributed by atoms with E-state index >= 15 is 0 Å². The number of carbonyl (C=O) groups excluding carboxylic acids is 1. The molecule has 0 saturated carbocycles. The fraction of sp³-hybridized carbons (Fsp3) is 0.667. The summed E-state index contributed by atoms with van der Waals surface area (Å²) in [4.78, 5) is 20.1. The van der Waals surface area contributed by atoms with Gasteiger partial charge in [-0.1, -0.05) is 0 Å². The number of hydrogen-bond donors (Lipinski definition) is 4. The van der Waals surface area contributed by atoms with Gasteiger partial charge in [0.05, 0.1) is 0 Å². The second-order valence-corrected chi connectivity index (χ2v) is 2.54. The second-order valence-electron chi connectivity index (χ2n) is 2.54.